The van der Waals surface area contributed by atoms with E-state index in [1.807, 2.05) is 41.4 Å². The van der Waals surface area contributed by atoms with E-state index in [9.17, 15) is 9.90 Å². The zero-order chi connectivity index (χ0) is 31.9. The summed E-state index contributed by atoms with van der Waals surface area (Å²) in [7, 11) is 0. The lowest BCUT2D eigenvalue weighted by Crippen LogP contribution is -2.48. The lowest BCUT2D eigenvalue weighted by Gasteiger charge is -2.56. The van der Waals surface area contributed by atoms with Crippen LogP contribution in [0.5, 0.6) is 0 Å². The number of benzene rings is 1. The number of hydrogen-bond acceptors (Lipinski definition) is 9. The van der Waals surface area contributed by atoms with Gasteiger partial charge in [-0.15, -0.1) is 10.2 Å². The van der Waals surface area contributed by atoms with Gasteiger partial charge in [0.15, 0.2) is 22.5 Å². The number of hydrogen-bond donors (Lipinski definition) is 2. The summed E-state index contributed by atoms with van der Waals surface area (Å²) in [5, 5.41) is 28.6. The summed E-state index contributed by atoms with van der Waals surface area (Å²) in [4.78, 5) is 24.1. The second kappa shape index (κ2) is 10.8. The number of carbonyl (C=O) groups is 1. The molecule has 0 atom stereocenters. The van der Waals surface area contributed by atoms with Gasteiger partial charge < -0.3 is 15.3 Å². The van der Waals surface area contributed by atoms with Gasteiger partial charge in [0.05, 0.1) is 16.4 Å². The van der Waals surface area contributed by atoms with Crippen LogP contribution in [0.4, 0.5) is 22.6 Å². The van der Waals surface area contributed by atoms with E-state index in [-0.39, 0.29) is 5.69 Å². The van der Waals surface area contributed by atoms with Crippen molar-refractivity contribution in [3.8, 4) is 11.1 Å². The predicted molar refractivity (Wildman–Crippen MR) is 183 cm³/mol. The van der Waals surface area contributed by atoms with Crippen molar-refractivity contribution in [2.45, 2.75) is 71.8 Å². The van der Waals surface area contributed by atoms with Gasteiger partial charge in [-0.3, -0.25) is 4.68 Å². The average molecular weight is 647 g/mol. The molecule has 1 aromatic carbocycles. The molecule has 4 saturated carbocycles. The Balaban J connectivity index is 1.00. The summed E-state index contributed by atoms with van der Waals surface area (Å²) < 4.78 is 3.25. The molecule has 240 valence electrons. The van der Waals surface area contributed by atoms with Gasteiger partial charge in [-0.05, 0) is 113 Å². The number of para-hydroxylation sites is 1. The standard InChI is InChI=1S/C36H38N8O2S/c1-20-25-6-5-11-43(33(25)42-41-32(20)40-35-38-28-7-3-4-8-29(28)47-35)30-10-9-26(31(39-30)34(45)46)27-18-37-44(21(27)2)19-36-15-22-12-23(16-36)14-24(13-22)17-36/h3-4,7-10,18,22-24H,5-6,11-17,19H2,1-2H3,(H,45,46)(H,38,40,41). The zero-order valence-corrected chi connectivity index (χ0v) is 27.6. The number of nitrogens with zero attached hydrogens (tertiary/aromatic N) is 7. The van der Waals surface area contributed by atoms with Crippen LogP contribution < -0.4 is 10.2 Å². The first kappa shape index (κ1) is 28.8. The molecule has 4 fully saturated rings. The normalized spacial score (nSPS) is 24.6. The highest BCUT2D eigenvalue weighted by Gasteiger charge is 2.51. The molecule has 0 unspecified atom stereocenters. The lowest BCUT2D eigenvalue weighted by molar-refractivity contribution is -0.0638. The summed E-state index contributed by atoms with van der Waals surface area (Å²) in [6, 6.07) is 11.9. The van der Waals surface area contributed by atoms with Crippen molar-refractivity contribution in [2.24, 2.45) is 23.2 Å². The topological polar surface area (TPSA) is 122 Å². The Morgan fingerprint density at radius 3 is 2.51 bits per heavy atom. The van der Waals surface area contributed by atoms with Crippen LogP contribution in [-0.2, 0) is 13.0 Å². The maximum atomic E-state index is 12.7. The first-order chi connectivity index (χ1) is 22.8. The van der Waals surface area contributed by atoms with Crippen LogP contribution in [0.3, 0.4) is 0 Å². The SMILES string of the molecule is Cc1c(Nc2nc3ccccc3s2)nnc2c1CCCN2c1ccc(-c2cnn(CC34CC5CC(CC(C5)C3)C4)c2C)c(C(=O)O)n1. The molecule has 0 radical (unpaired) electrons. The van der Waals surface area contributed by atoms with Crippen LogP contribution in [0, 0.1) is 37.0 Å². The molecule has 10 rings (SSSR count). The summed E-state index contributed by atoms with van der Waals surface area (Å²) in [6.45, 7) is 5.73. The first-order valence-corrected chi connectivity index (χ1v) is 17.7. The van der Waals surface area contributed by atoms with Gasteiger partial charge in [-0.25, -0.2) is 14.8 Å². The molecular weight excluding hydrogens is 609 g/mol. The number of nitrogens with one attached hydrogen (secondary N) is 1. The molecule has 5 aromatic rings. The van der Waals surface area contributed by atoms with Gasteiger partial charge in [0.2, 0.25) is 0 Å². The second-order valence-corrected chi connectivity index (χ2v) is 15.5. The molecule has 0 amide bonds. The van der Waals surface area contributed by atoms with Gasteiger partial charge in [0.1, 0.15) is 5.82 Å². The Morgan fingerprint density at radius 2 is 1.77 bits per heavy atom. The van der Waals surface area contributed by atoms with E-state index in [1.165, 1.54) is 38.5 Å². The number of aromatic carboxylic acids is 1. The van der Waals surface area contributed by atoms with Crippen molar-refractivity contribution < 1.29 is 9.90 Å². The van der Waals surface area contributed by atoms with Crippen LogP contribution in [0.2, 0.25) is 0 Å². The zero-order valence-electron chi connectivity index (χ0n) is 26.7. The van der Waals surface area contributed by atoms with Crippen molar-refractivity contribution in [1.29, 1.82) is 0 Å². The van der Waals surface area contributed by atoms with E-state index in [0.717, 1.165) is 80.7 Å². The molecule has 1 aliphatic heterocycles. The Hall–Kier alpha value is -4.38. The third-order valence-corrected chi connectivity index (χ3v) is 12.3. The fourth-order valence-electron chi connectivity index (χ4n) is 9.60. The number of thiazole rings is 1. The molecular formula is C36H38N8O2S. The fraction of sp³-hybridized carbons (Fsp3) is 0.444. The van der Waals surface area contributed by atoms with Crippen LogP contribution in [0.1, 0.15) is 72.3 Å². The molecule has 5 aliphatic rings. The van der Waals surface area contributed by atoms with E-state index >= 15 is 0 Å². The third kappa shape index (κ3) is 4.89. The molecule has 4 bridgehead atoms. The number of pyridine rings is 1. The minimum atomic E-state index is -1.05. The maximum Gasteiger partial charge on any atom is 0.355 e. The van der Waals surface area contributed by atoms with Gasteiger partial charge >= 0.3 is 5.97 Å². The quantitative estimate of drug-likeness (QED) is 0.183. The smallest absolute Gasteiger partial charge is 0.355 e. The summed E-state index contributed by atoms with van der Waals surface area (Å²) in [6.07, 6.45) is 11.8. The Morgan fingerprint density at radius 1 is 1.00 bits per heavy atom. The summed E-state index contributed by atoms with van der Waals surface area (Å²) in [5.74, 6) is 3.54. The van der Waals surface area contributed by atoms with Crippen molar-refractivity contribution in [3.63, 3.8) is 0 Å². The highest BCUT2D eigenvalue weighted by Crippen LogP contribution is 2.60. The molecule has 5 heterocycles. The molecule has 0 saturated heterocycles. The Bertz CT molecular complexity index is 1980. The number of carboxylic acid groups (broad SMARTS) is 1. The van der Waals surface area contributed by atoms with Crippen molar-refractivity contribution in [2.75, 3.05) is 16.8 Å². The number of carboxylic acids is 1. The van der Waals surface area contributed by atoms with Crippen LogP contribution in [0.25, 0.3) is 21.3 Å². The van der Waals surface area contributed by atoms with Gasteiger partial charge in [0, 0.05) is 41.0 Å². The minimum absolute atomic E-state index is 0.0332. The second-order valence-electron chi connectivity index (χ2n) is 14.4. The number of anilines is 4. The van der Waals surface area contributed by atoms with Gasteiger partial charge in [-0.1, -0.05) is 23.5 Å². The Kier molecular flexibility index (Phi) is 6.64. The van der Waals surface area contributed by atoms with E-state index in [0.29, 0.717) is 29.2 Å². The van der Waals surface area contributed by atoms with E-state index in [4.69, 9.17) is 15.1 Å². The lowest BCUT2D eigenvalue weighted by atomic mass is 9.49. The van der Waals surface area contributed by atoms with Crippen molar-refractivity contribution in [1.82, 2.24) is 29.9 Å². The summed E-state index contributed by atoms with van der Waals surface area (Å²) in [5.41, 5.74) is 5.86. The minimum Gasteiger partial charge on any atom is -0.476 e. The van der Waals surface area contributed by atoms with E-state index in [2.05, 4.69) is 40.1 Å². The predicted octanol–water partition coefficient (Wildman–Crippen LogP) is 7.70. The average Bonchev–Trinajstić information content (AvgIpc) is 3.63. The molecule has 11 heteroatoms. The molecule has 2 N–H and O–H groups in total. The first-order valence-electron chi connectivity index (χ1n) is 16.9. The van der Waals surface area contributed by atoms with Gasteiger partial charge in [0.25, 0.3) is 0 Å². The van der Waals surface area contributed by atoms with E-state index in [1.54, 1.807) is 11.3 Å². The highest BCUT2D eigenvalue weighted by molar-refractivity contribution is 7.22. The Labute approximate surface area is 277 Å². The molecule has 4 aliphatic carbocycles. The molecule has 4 aromatic heterocycles. The fourth-order valence-corrected chi connectivity index (χ4v) is 10.5. The highest BCUT2D eigenvalue weighted by atomic mass is 32.1. The number of fused-ring (bicyclic) bond motifs is 2. The van der Waals surface area contributed by atoms with E-state index < -0.39 is 5.97 Å². The summed E-state index contributed by atoms with van der Waals surface area (Å²) >= 11 is 1.58. The maximum absolute atomic E-state index is 12.7. The molecule has 47 heavy (non-hydrogen) atoms. The third-order valence-electron chi connectivity index (χ3n) is 11.3. The number of aromatic nitrogens is 6. The van der Waals surface area contributed by atoms with Gasteiger partial charge in [-0.2, -0.15) is 5.10 Å². The largest absolute Gasteiger partial charge is 0.476 e. The molecule has 0 spiro atoms. The van der Waals surface area contributed by atoms with Crippen molar-refractivity contribution in [3.05, 3.63) is 65.1 Å². The molecule has 10 nitrogen and oxygen atoms in total. The monoisotopic (exact) mass is 646 g/mol. The number of rotatable bonds is 7. The van der Waals surface area contributed by atoms with Crippen LogP contribution >= 0.6 is 11.3 Å². The van der Waals surface area contributed by atoms with Crippen LogP contribution in [-0.4, -0.2) is 47.6 Å². The van der Waals surface area contributed by atoms with Crippen molar-refractivity contribution >= 4 is 50.1 Å². The van der Waals surface area contributed by atoms with Crippen LogP contribution in [0.15, 0.2) is 42.6 Å².